The number of hydrogen-bond donors (Lipinski definition) is 0. The topological polar surface area (TPSA) is 34.9 Å². The molecule has 1 aromatic heterocycles. The maximum Gasteiger partial charge on any atom is 0.272 e. The van der Waals surface area contributed by atoms with Gasteiger partial charge in [0.1, 0.15) is 5.69 Å². The molecule has 0 aliphatic carbocycles. The number of hydrogen-bond acceptors (Lipinski definition) is 2. The first kappa shape index (κ1) is 9.96. The lowest BCUT2D eigenvalue weighted by Gasteiger charge is -2.10. The second kappa shape index (κ2) is 3.32. The lowest BCUT2D eigenvalue weighted by molar-refractivity contribution is 0.708. The van der Waals surface area contributed by atoms with E-state index in [1.807, 2.05) is 27.7 Å². The first-order valence-corrected chi connectivity index (χ1v) is 4.49. The zero-order valence-corrected chi connectivity index (χ0v) is 8.88. The molecule has 0 saturated heterocycles. The Balaban J connectivity index is 3.51. The van der Waals surface area contributed by atoms with Crippen molar-refractivity contribution in [3.63, 3.8) is 0 Å². The molecule has 3 heteroatoms. The average molecular weight is 180 g/mol. The Morgan fingerprint density at radius 2 is 1.85 bits per heavy atom. The molecule has 3 nitrogen and oxygen atoms in total. The zero-order chi connectivity index (χ0) is 10.2. The molecule has 13 heavy (non-hydrogen) atoms. The minimum Gasteiger partial charge on any atom is -0.313 e. The van der Waals surface area contributed by atoms with Crippen molar-refractivity contribution in [1.82, 2.24) is 9.55 Å². The third-order valence-electron chi connectivity index (χ3n) is 2.39. The highest BCUT2D eigenvalue weighted by molar-refractivity contribution is 5.14. The Morgan fingerprint density at radius 1 is 1.31 bits per heavy atom. The van der Waals surface area contributed by atoms with Crippen LogP contribution in [0.15, 0.2) is 4.79 Å². The molecule has 0 radical (unpaired) electrons. The van der Waals surface area contributed by atoms with E-state index in [0.717, 1.165) is 11.4 Å². The summed E-state index contributed by atoms with van der Waals surface area (Å²) in [5.41, 5.74) is 2.56. The molecule has 0 bridgehead atoms. The van der Waals surface area contributed by atoms with Crippen molar-refractivity contribution in [2.75, 3.05) is 0 Å². The fourth-order valence-electron chi connectivity index (χ4n) is 1.25. The second-order valence-electron chi connectivity index (χ2n) is 3.69. The summed E-state index contributed by atoms with van der Waals surface area (Å²) in [6.45, 7) is 7.81. The second-order valence-corrected chi connectivity index (χ2v) is 3.69. The van der Waals surface area contributed by atoms with Gasteiger partial charge in [0.15, 0.2) is 0 Å². The Morgan fingerprint density at radius 3 is 2.31 bits per heavy atom. The summed E-state index contributed by atoms with van der Waals surface area (Å²) in [5.74, 6) is 0.193. The lowest BCUT2D eigenvalue weighted by atomic mass is 10.1. The maximum absolute atomic E-state index is 11.7. The van der Waals surface area contributed by atoms with Gasteiger partial charge in [-0.15, -0.1) is 0 Å². The number of nitrogens with zero attached hydrogens (tertiary/aromatic N) is 2. The van der Waals surface area contributed by atoms with Crippen molar-refractivity contribution in [3.8, 4) is 0 Å². The molecule has 72 valence electrons. The Labute approximate surface area is 78.4 Å². The van der Waals surface area contributed by atoms with E-state index in [-0.39, 0.29) is 11.5 Å². The van der Waals surface area contributed by atoms with Gasteiger partial charge in [-0.2, -0.15) is 0 Å². The first-order chi connectivity index (χ1) is 5.95. The minimum atomic E-state index is 0.0260. The van der Waals surface area contributed by atoms with E-state index in [1.165, 1.54) is 0 Å². The Bertz CT molecular complexity index is 377. The Hall–Kier alpha value is -1.12. The SMILES string of the molecule is Cc1nc(C(C)C)c(=O)n(C)c1C. The zero-order valence-electron chi connectivity index (χ0n) is 8.88. The summed E-state index contributed by atoms with van der Waals surface area (Å²) in [5, 5.41) is 0. The molecule has 0 atom stereocenters. The van der Waals surface area contributed by atoms with Crippen molar-refractivity contribution in [3.05, 3.63) is 27.4 Å². The van der Waals surface area contributed by atoms with Crippen molar-refractivity contribution < 1.29 is 0 Å². The van der Waals surface area contributed by atoms with Gasteiger partial charge in [0.05, 0.1) is 5.69 Å². The van der Waals surface area contributed by atoms with Gasteiger partial charge in [-0.25, -0.2) is 0 Å². The van der Waals surface area contributed by atoms with Gasteiger partial charge < -0.3 is 4.57 Å². The van der Waals surface area contributed by atoms with E-state index >= 15 is 0 Å². The minimum absolute atomic E-state index is 0.0260. The van der Waals surface area contributed by atoms with Gasteiger partial charge in [0, 0.05) is 18.7 Å². The van der Waals surface area contributed by atoms with Crippen molar-refractivity contribution in [2.24, 2.45) is 7.05 Å². The predicted molar refractivity (Wildman–Crippen MR) is 53.0 cm³/mol. The van der Waals surface area contributed by atoms with Crippen LogP contribution in [-0.2, 0) is 7.05 Å². The highest BCUT2D eigenvalue weighted by Crippen LogP contribution is 2.08. The molecule has 1 rings (SSSR count). The van der Waals surface area contributed by atoms with Crippen LogP contribution in [0, 0.1) is 13.8 Å². The van der Waals surface area contributed by atoms with Crippen LogP contribution in [0.4, 0.5) is 0 Å². The molecule has 0 amide bonds. The summed E-state index contributed by atoms with van der Waals surface area (Å²) in [6.07, 6.45) is 0. The van der Waals surface area contributed by atoms with Gasteiger partial charge >= 0.3 is 0 Å². The first-order valence-electron chi connectivity index (χ1n) is 4.49. The molecule has 1 aromatic rings. The predicted octanol–water partition coefficient (Wildman–Crippen LogP) is 1.52. The fourth-order valence-corrected chi connectivity index (χ4v) is 1.25. The van der Waals surface area contributed by atoms with Crippen molar-refractivity contribution >= 4 is 0 Å². The van der Waals surface area contributed by atoms with E-state index in [1.54, 1.807) is 11.6 Å². The smallest absolute Gasteiger partial charge is 0.272 e. The van der Waals surface area contributed by atoms with E-state index in [9.17, 15) is 4.79 Å². The van der Waals surface area contributed by atoms with Crippen LogP contribution in [0.1, 0.15) is 36.8 Å². The lowest BCUT2D eigenvalue weighted by Crippen LogP contribution is -2.26. The molecule has 0 saturated carbocycles. The fraction of sp³-hybridized carbons (Fsp3) is 0.600. The third kappa shape index (κ3) is 1.64. The molecule has 0 aliphatic heterocycles. The van der Waals surface area contributed by atoms with Crippen molar-refractivity contribution in [2.45, 2.75) is 33.6 Å². The molecule has 0 aromatic carbocycles. The summed E-state index contributed by atoms with van der Waals surface area (Å²) >= 11 is 0. The summed E-state index contributed by atoms with van der Waals surface area (Å²) < 4.78 is 1.66. The van der Waals surface area contributed by atoms with Gasteiger partial charge in [-0.3, -0.25) is 9.78 Å². The third-order valence-corrected chi connectivity index (χ3v) is 2.39. The van der Waals surface area contributed by atoms with Crippen LogP contribution in [0.25, 0.3) is 0 Å². The molecule has 0 spiro atoms. The summed E-state index contributed by atoms with van der Waals surface area (Å²) in [6, 6.07) is 0. The molecular weight excluding hydrogens is 164 g/mol. The average Bonchev–Trinajstić information content (AvgIpc) is 2.07. The molecule has 1 heterocycles. The number of aryl methyl sites for hydroxylation is 1. The quantitative estimate of drug-likeness (QED) is 0.656. The molecule has 0 unspecified atom stereocenters. The van der Waals surface area contributed by atoms with E-state index < -0.39 is 0 Å². The summed E-state index contributed by atoms with van der Waals surface area (Å²) in [4.78, 5) is 16.0. The largest absolute Gasteiger partial charge is 0.313 e. The highest BCUT2D eigenvalue weighted by atomic mass is 16.1. The maximum atomic E-state index is 11.7. The van der Waals surface area contributed by atoms with Gasteiger partial charge in [-0.05, 0) is 13.8 Å². The van der Waals surface area contributed by atoms with E-state index in [4.69, 9.17) is 0 Å². The van der Waals surface area contributed by atoms with Crippen LogP contribution < -0.4 is 5.56 Å². The Kier molecular flexibility index (Phi) is 2.55. The van der Waals surface area contributed by atoms with Crippen LogP contribution >= 0.6 is 0 Å². The normalized spacial score (nSPS) is 10.9. The number of rotatable bonds is 1. The monoisotopic (exact) mass is 180 g/mol. The van der Waals surface area contributed by atoms with Crippen LogP contribution in [0.5, 0.6) is 0 Å². The number of aromatic nitrogens is 2. The molecule has 0 N–H and O–H groups in total. The van der Waals surface area contributed by atoms with Crippen LogP contribution in [0.3, 0.4) is 0 Å². The molecular formula is C10H16N2O. The van der Waals surface area contributed by atoms with Gasteiger partial charge in [0.2, 0.25) is 0 Å². The van der Waals surface area contributed by atoms with E-state index in [0.29, 0.717) is 5.69 Å². The van der Waals surface area contributed by atoms with Crippen molar-refractivity contribution in [1.29, 1.82) is 0 Å². The molecule has 0 fully saturated rings. The standard InChI is InChI=1S/C10H16N2O/c1-6(2)9-10(13)12(5)8(4)7(3)11-9/h6H,1-5H3. The van der Waals surface area contributed by atoms with Gasteiger partial charge in [-0.1, -0.05) is 13.8 Å². The highest BCUT2D eigenvalue weighted by Gasteiger charge is 2.10. The van der Waals surface area contributed by atoms with Gasteiger partial charge in [0.25, 0.3) is 5.56 Å². The summed E-state index contributed by atoms with van der Waals surface area (Å²) in [7, 11) is 1.79. The van der Waals surface area contributed by atoms with Crippen LogP contribution in [0.2, 0.25) is 0 Å². The molecule has 0 aliphatic rings. The van der Waals surface area contributed by atoms with Crippen LogP contribution in [-0.4, -0.2) is 9.55 Å². The van der Waals surface area contributed by atoms with E-state index in [2.05, 4.69) is 4.98 Å².